The summed E-state index contributed by atoms with van der Waals surface area (Å²) >= 11 is 5.70. The van der Waals surface area contributed by atoms with Crippen molar-refractivity contribution in [2.45, 2.75) is 19.9 Å². The first-order valence-corrected chi connectivity index (χ1v) is 6.07. The molecule has 1 aromatic carbocycles. The van der Waals surface area contributed by atoms with Gasteiger partial charge in [0.05, 0.1) is 6.61 Å². The number of Topliss-reactive ketones (excluding diaryl/α,β-unsaturated/α-hetero) is 1. The van der Waals surface area contributed by atoms with Crippen molar-refractivity contribution in [2.75, 3.05) is 6.61 Å². The highest BCUT2D eigenvalue weighted by molar-refractivity contribution is 6.30. The van der Waals surface area contributed by atoms with E-state index in [1.165, 1.54) is 19.1 Å². The lowest BCUT2D eigenvalue weighted by atomic mass is 10.1. The van der Waals surface area contributed by atoms with E-state index in [0.29, 0.717) is 10.6 Å². The van der Waals surface area contributed by atoms with Crippen LogP contribution in [0.15, 0.2) is 24.3 Å². The van der Waals surface area contributed by atoms with Crippen molar-refractivity contribution in [1.82, 2.24) is 5.32 Å². The number of amides is 1. The van der Waals surface area contributed by atoms with Gasteiger partial charge in [-0.1, -0.05) is 11.6 Å². The smallest absolute Gasteiger partial charge is 0.336 e. The Balaban J connectivity index is 2.79. The van der Waals surface area contributed by atoms with Gasteiger partial charge in [0.2, 0.25) is 0 Å². The van der Waals surface area contributed by atoms with E-state index in [9.17, 15) is 14.4 Å². The monoisotopic (exact) mass is 283 g/mol. The molecule has 1 atom stereocenters. The molecule has 0 aliphatic rings. The lowest BCUT2D eigenvalue weighted by Gasteiger charge is -2.14. The zero-order chi connectivity index (χ0) is 14.4. The van der Waals surface area contributed by atoms with Crippen molar-refractivity contribution in [3.05, 3.63) is 34.9 Å². The molecule has 0 saturated carbocycles. The van der Waals surface area contributed by atoms with Gasteiger partial charge in [0.25, 0.3) is 5.91 Å². The Morgan fingerprint density at radius 1 is 1.26 bits per heavy atom. The number of carbonyl (C=O) groups is 3. The summed E-state index contributed by atoms with van der Waals surface area (Å²) in [7, 11) is 0. The first-order valence-electron chi connectivity index (χ1n) is 5.69. The average Bonchev–Trinajstić information content (AvgIpc) is 2.36. The minimum absolute atomic E-state index is 0.138. The molecule has 1 amide bonds. The Morgan fingerprint density at radius 3 is 2.32 bits per heavy atom. The van der Waals surface area contributed by atoms with Crippen LogP contribution in [0.4, 0.5) is 0 Å². The van der Waals surface area contributed by atoms with Crippen LogP contribution in [-0.4, -0.2) is 30.3 Å². The summed E-state index contributed by atoms with van der Waals surface area (Å²) in [5, 5.41) is 2.82. The number of esters is 1. The van der Waals surface area contributed by atoms with E-state index in [4.69, 9.17) is 16.3 Å². The predicted molar refractivity (Wildman–Crippen MR) is 70.0 cm³/mol. The third kappa shape index (κ3) is 4.37. The van der Waals surface area contributed by atoms with Crippen LogP contribution in [-0.2, 0) is 14.3 Å². The molecule has 0 spiro atoms. The van der Waals surface area contributed by atoms with Gasteiger partial charge < -0.3 is 10.1 Å². The molecule has 5 nitrogen and oxygen atoms in total. The molecule has 0 aromatic heterocycles. The van der Waals surface area contributed by atoms with Gasteiger partial charge in [0, 0.05) is 10.6 Å². The fourth-order valence-corrected chi connectivity index (χ4v) is 1.49. The van der Waals surface area contributed by atoms with E-state index in [0.717, 1.165) is 0 Å². The van der Waals surface area contributed by atoms with Crippen LogP contribution in [0.25, 0.3) is 0 Å². The number of hydrogen-bond acceptors (Lipinski definition) is 4. The van der Waals surface area contributed by atoms with E-state index >= 15 is 0 Å². The van der Waals surface area contributed by atoms with Crippen LogP contribution >= 0.6 is 11.6 Å². The van der Waals surface area contributed by atoms with E-state index in [-0.39, 0.29) is 6.61 Å². The topological polar surface area (TPSA) is 72.5 Å². The second kappa shape index (κ2) is 6.89. The molecule has 6 heteroatoms. The Hall–Kier alpha value is -1.88. The number of hydrogen-bond donors (Lipinski definition) is 1. The first kappa shape index (κ1) is 15.2. The number of carbonyl (C=O) groups excluding carboxylic acids is 3. The fraction of sp³-hybridized carbons (Fsp3) is 0.308. The van der Waals surface area contributed by atoms with Crippen molar-refractivity contribution in [3.63, 3.8) is 0 Å². The average molecular weight is 284 g/mol. The number of halogens is 1. The SMILES string of the molecule is CCOC(=O)C(NC(=O)c1ccc(Cl)cc1)C(C)=O. The van der Waals surface area contributed by atoms with Crippen LogP contribution in [0.2, 0.25) is 5.02 Å². The van der Waals surface area contributed by atoms with E-state index in [2.05, 4.69) is 5.32 Å². The van der Waals surface area contributed by atoms with Gasteiger partial charge in [-0.15, -0.1) is 0 Å². The summed E-state index contributed by atoms with van der Waals surface area (Å²) in [5.74, 6) is -1.79. The Labute approximate surface area is 115 Å². The van der Waals surface area contributed by atoms with Crippen LogP contribution in [0.3, 0.4) is 0 Å². The maximum absolute atomic E-state index is 11.9. The lowest BCUT2D eigenvalue weighted by molar-refractivity contribution is -0.148. The van der Waals surface area contributed by atoms with Gasteiger partial charge in [-0.3, -0.25) is 9.59 Å². The van der Waals surface area contributed by atoms with Crippen molar-refractivity contribution in [1.29, 1.82) is 0 Å². The number of rotatable bonds is 5. The minimum Gasteiger partial charge on any atom is -0.464 e. The molecule has 0 aliphatic carbocycles. The van der Waals surface area contributed by atoms with E-state index in [1.54, 1.807) is 19.1 Å². The number of nitrogens with one attached hydrogen (secondary N) is 1. The second-order valence-corrected chi connectivity index (χ2v) is 4.21. The minimum atomic E-state index is -1.29. The Kier molecular flexibility index (Phi) is 5.51. The van der Waals surface area contributed by atoms with Crippen molar-refractivity contribution in [2.24, 2.45) is 0 Å². The van der Waals surface area contributed by atoms with Crippen molar-refractivity contribution < 1.29 is 19.1 Å². The summed E-state index contributed by atoms with van der Waals surface area (Å²) in [6.07, 6.45) is 0. The summed E-state index contributed by atoms with van der Waals surface area (Å²) in [5.41, 5.74) is 0.306. The Bertz CT molecular complexity index is 484. The number of ketones is 1. The van der Waals surface area contributed by atoms with Crippen LogP contribution in [0, 0.1) is 0 Å². The zero-order valence-corrected chi connectivity index (χ0v) is 11.4. The normalized spacial score (nSPS) is 11.5. The zero-order valence-electron chi connectivity index (χ0n) is 10.6. The number of ether oxygens (including phenoxy) is 1. The maximum atomic E-state index is 11.9. The molecule has 1 unspecified atom stereocenters. The molecule has 102 valence electrons. The molecule has 0 fully saturated rings. The molecular weight excluding hydrogens is 270 g/mol. The van der Waals surface area contributed by atoms with Crippen LogP contribution < -0.4 is 5.32 Å². The summed E-state index contributed by atoms with van der Waals surface area (Å²) < 4.78 is 4.73. The van der Waals surface area contributed by atoms with Crippen molar-refractivity contribution >= 4 is 29.3 Å². The molecule has 0 radical (unpaired) electrons. The number of benzene rings is 1. The van der Waals surface area contributed by atoms with Crippen LogP contribution in [0.5, 0.6) is 0 Å². The molecule has 1 N–H and O–H groups in total. The molecular formula is C13H14ClNO4. The highest BCUT2D eigenvalue weighted by Gasteiger charge is 2.26. The summed E-state index contributed by atoms with van der Waals surface area (Å²) in [4.78, 5) is 34.7. The van der Waals surface area contributed by atoms with Gasteiger partial charge in [-0.05, 0) is 38.1 Å². The molecule has 1 rings (SSSR count). The largest absolute Gasteiger partial charge is 0.464 e. The molecule has 1 aromatic rings. The lowest BCUT2D eigenvalue weighted by Crippen LogP contribution is -2.46. The standard InChI is InChI=1S/C13H14ClNO4/c1-3-19-13(18)11(8(2)16)15-12(17)9-4-6-10(14)7-5-9/h4-7,11H,3H2,1-2H3,(H,15,17). The molecule has 0 aliphatic heterocycles. The van der Waals surface area contributed by atoms with Crippen molar-refractivity contribution in [3.8, 4) is 0 Å². The van der Waals surface area contributed by atoms with E-state index in [1.807, 2.05) is 0 Å². The second-order valence-electron chi connectivity index (χ2n) is 3.78. The van der Waals surface area contributed by atoms with Gasteiger partial charge in [0.15, 0.2) is 11.8 Å². The van der Waals surface area contributed by atoms with E-state index < -0.39 is 23.7 Å². The third-order valence-electron chi connectivity index (χ3n) is 2.31. The van der Waals surface area contributed by atoms with Gasteiger partial charge in [0.1, 0.15) is 0 Å². The van der Waals surface area contributed by atoms with Gasteiger partial charge in [-0.25, -0.2) is 4.79 Å². The van der Waals surface area contributed by atoms with Gasteiger partial charge >= 0.3 is 5.97 Å². The summed E-state index contributed by atoms with van der Waals surface area (Å²) in [6.45, 7) is 2.97. The van der Waals surface area contributed by atoms with Crippen LogP contribution in [0.1, 0.15) is 24.2 Å². The fourth-order valence-electron chi connectivity index (χ4n) is 1.37. The summed E-state index contributed by atoms with van der Waals surface area (Å²) in [6, 6.07) is 4.80. The molecule has 19 heavy (non-hydrogen) atoms. The Morgan fingerprint density at radius 2 is 1.84 bits per heavy atom. The highest BCUT2D eigenvalue weighted by atomic mass is 35.5. The molecule has 0 bridgehead atoms. The third-order valence-corrected chi connectivity index (χ3v) is 2.56. The quantitative estimate of drug-likeness (QED) is 0.658. The highest BCUT2D eigenvalue weighted by Crippen LogP contribution is 2.09. The molecule has 0 saturated heterocycles. The predicted octanol–water partition coefficient (Wildman–Crippen LogP) is 1.59. The van der Waals surface area contributed by atoms with Gasteiger partial charge in [-0.2, -0.15) is 0 Å². The maximum Gasteiger partial charge on any atom is 0.336 e. The first-order chi connectivity index (χ1) is 8.95. The molecule has 0 heterocycles.